The maximum atomic E-state index is 11.9. The van der Waals surface area contributed by atoms with Crippen molar-refractivity contribution in [2.45, 2.75) is 12.5 Å². The quantitative estimate of drug-likeness (QED) is 0.879. The summed E-state index contributed by atoms with van der Waals surface area (Å²) in [4.78, 5) is 14.8. The lowest BCUT2D eigenvalue weighted by molar-refractivity contribution is 0.559. The zero-order chi connectivity index (χ0) is 11.1. The second-order valence-corrected chi connectivity index (χ2v) is 6.04. The molecule has 1 aromatic carbocycles. The first-order valence-corrected chi connectivity index (χ1v) is 7.18. The summed E-state index contributed by atoms with van der Waals surface area (Å²) in [6.45, 7) is 0. The normalized spacial score (nSPS) is 20.7. The minimum Gasteiger partial charge on any atom is -0.306 e. The van der Waals surface area contributed by atoms with E-state index in [4.69, 9.17) is 0 Å². The fourth-order valence-corrected chi connectivity index (χ4v) is 3.73. The monoisotopic (exact) mass is 298 g/mol. The smallest absolute Gasteiger partial charge is 0.306 e. The molecule has 5 heteroatoms. The molecule has 84 valence electrons. The van der Waals surface area contributed by atoms with Gasteiger partial charge in [-0.3, -0.25) is 4.57 Å². The first-order chi connectivity index (χ1) is 7.75. The predicted octanol–water partition coefficient (Wildman–Crippen LogP) is 2.77. The number of imidazole rings is 1. The molecule has 1 unspecified atom stereocenters. The number of thioether (sulfide) groups is 1. The molecule has 1 aromatic heterocycles. The number of benzene rings is 1. The highest BCUT2D eigenvalue weighted by Gasteiger charge is 2.21. The molecule has 0 aliphatic carbocycles. The summed E-state index contributed by atoms with van der Waals surface area (Å²) >= 11 is 5.37. The summed E-state index contributed by atoms with van der Waals surface area (Å²) in [5.74, 6) is 2.19. The Morgan fingerprint density at radius 3 is 3.12 bits per heavy atom. The number of H-pyrrole nitrogens is 1. The third kappa shape index (κ3) is 1.62. The largest absolute Gasteiger partial charge is 0.326 e. The number of nitrogens with one attached hydrogen (secondary N) is 1. The van der Waals surface area contributed by atoms with E-state index in [0.717, 1.165) is 33.4 Å². The van der Waals surface area contributed by atoms with E-state index in [-0.39, 0.29) is 5.69 Å². The van der Waals surface area contributed by atoms with Gasteiger partial charge >= 0.3 is 5.69 Å². The lowest BCUT2D eigenvalue weighted by Gasteiger charge is -2.10. The van der Waals surface area contributed by atoms with Crippen molar-refractivity contribution in [2.75, 3.05) is 11.5 Å². The average molecular weight is 299 g/mol. The molecule has 1 aliphatic heterocycles. The summed E-state index contributed by atoms with van der Waals surface area (Å²) < 4.78 is 2.92. The highest BCUT2D eigenvalue weighted by Crippen LogP contribution is 2.29. The highest BCUT2D eigenvalue weighted by atomic mass is 79.9. The van der Waals surface area contributed by atoms with Crippen LogP contribution in [0.25, 0.3) is 11.0 Å². The molecule has 1 saturated heterocycles. The van der Waals surface area contributed by atoms with Crippen LogP contribution in [-0.2, 0) is 0 Å². The Hall–Kier alpha value is -0.680. The molecule has 1 atom stereocenters. The molecule has 1 aliphatic rings. The number of halogens is 1. The number of aromatic nitrogens is 2. The molecule has 0 saturated carbocycles. The summed E-state index contributed by atoms with van der Waals surface area (Å²) in [5, 5.41) is 0. The van der Waals surface area contributed by atoms with Gasteiger partial charge in [-0.1, -0.05) is 15.9 Å². The van der Waals surface area contributed by atoms with Crippen LogP contribution < -0.4 is 5.69 Å². The lowest BCUT2D eigenvalue weighted by Crippen LogP contribution is -2.21. The van der Waals surface area contributed by atoms with Gasteiger partial charge in [0.25, 0.3) is 0 Å². The molecule has 16 heavy (non-hydrogen) atoms. The van der Waals surface area contributed by atoms with Crippen molar-refractivity contribution >= 4 is 38.7 Å². The lowest BCUT2D eigenvalue weighted by atomic mass is 10.2. The van der Waals surface area contributed by atoms with Crippen LogP contribution in [-0.4, -0.2) is 21.1 Å². The maximum absolute atomic E-state index is 11.9. The van der Waals surface area contributed by atoms with Gasteiger partial charge in [-0.15, -0.1) is 0 Å². The van der Waals surface area contributed by atoms with Crippen LogP contribution in [0.2, 0.25) is 0 Å². The van der Waals surface area contributed by atoms with E-state index in [1.165, 1.54) is 0 Å². The zero-order valence-corrected chi connectivity index (χ0v) is 11.0. The van der Waals surface area contributed by atoms with Crippen molar-refractivity contribution in [1.82, 2.24) is 9.55 Å². The second-order valence-electron chi connectivity index (χ2n) is 3.98. The van der Waals surface area contributed by atoms with Crippen LogP contribution in [0.1, 0.15) is 12.5 Å². The summed E-state index contributed by atoms with van der Waals surface area (Å²) in [6, 6.07) is 6.25. The Bertz CT molecular complexity index is 583. The third-order valence-electron chi connectivity index (χ3n) is 2.95. The minimum atomic E-state index is 0.0144. The first kappa shape index (κ1) is 10.5. The summed E-state index contributed by atoms with van der Waals surface area (Å²) in [6.07, 6.45) is 1.09. The molecule has 1 N–H and O–H groups in total. The predicted molar refractivity (Wildman–Crippen MR) is 71.2 cm³/mol. The second kappa shape index (κ2) is 3.96. The van der Waals surface area contributed by atoms with Crippen molar-refractivity contribution < 1.29 is 0 Å². The van der Waals surface area contributed by atoms with Gasteiger partial charge in [-0.25, -0.2) is 4.79 Å². The van der Waals surface area contributed by atoms with Crippen LogP contribution in [0, 0.1) is 0 Å². The molecule has 2 aromatic rings. The zero-order valence-electron chi connectivity index (χ0n) is 8.57. The van der Waals surface area contributed by atoms with Crippen LogP contribution in [0.4, 0.5) is 0 Å². The number of hydrogen-bond donors (Lipinski definition) is 1. The summed E-state index contributed by atoms with van der Waals surface area (Å²) in [7, 11) is 0. The third-order valence-corrected chi connectivity index (χ3v) is 4.59. The van der Waals surface area contributed by atoms with Gasteiger partial charge < -0.3 is 4.98 Å². The molecule has 1 fully saturated rings. The first-order valence-electron chi connectivity index (χ1n) is 5.23. The molecular weight excluding hydrogens is 288 g/mol. The molecule has 2 heterocycles. The number of rotatable bonds is 1. The van der Waals surface area contributed by atoms with Gasteiger partial charge in [0.2, 0.25) is 0 Å². The van der Waals surface area contributed by atoms with Gasteiger partial charge in [0.1, 0.15) is 0 Å². The topological polar surface area (TPSA) is 37.8 Å². The molecule has 0 amide bonds. The Kier molecular flexibility index (Phi) is 2.59. The Labute approximate surface area is 105 Å². The molecule has 3 nitrogen and oxygen atoms in total. The molecular formula is C11H11BrN2OS. The van der Waals surface area contributed by atoms with Gasteiger partial charge in [0.05, 0.1) is 11.0 Å². The van der Waals surface area contributed by atoms with E-state index in [9.17, 15) is 4.79 Å². The number of nitrogens with zero attached hydrogens (tertiary/aromatic N) is 1. The van der Waals surface area contributed by atoms with Crippen LogP contribution in [0.3, 0.4) is 0 Å². The van der Waals surface area contributed by atoms with Crippen molar-refractivity contribution in [3.8, 4) is 0 Å². The van der Waals surface area contributed by atoms with Crippen LogP contribution in [0.5, 0.6) is 0 Å². The fourth-order valence-electron chi connectivity index (χ4n) is 2.18. The van der Waals surface area contributed by atoms with E-state index in [1.807, 2.05) is 34.5 Å². The average Bonchev–Trinajstić information content (AvgIpc) is 2.83. The Morgan fingerprint density at radius 1 is 1.50 bits per heavy atom. The van der Waals surface area contributed by atoms with E-state index < -0.39 is 0 Å². The van der Waals surface area contributed by atoms with Crippen molar-refractivity contribution in [3.63, 3.8) is 0 Å². The van der Waals surface area contributed by atoms with E-state index >= 15 is 0 Å². The number of aromatic amines is 1. The highest BCUT2D eigenvalue weighted by molar-refractivity contribution is 9.10. The maximum Gasteiger partial charge on any atom is 0.326 e. The van der Waals surface area contributed by atoms with Crippen molar-refractivity contribution in [1.29, 1.82) is 0 Å². The van der Waals surface area contributed by atoms with E-state index in [0.29, 0.717) is 6.04 Å². The summed E-state index contributed by atoms with van der Waals surface area (Å²) in [5.41, 5.74) is 1.94. The van der Waals surface area contributed by atoms with E-state index in [2.05, 4.69) is 20.9 Å². The van der Waals surface area contributed by atoms with Crippen molar-refractivity contribution in [2.24, 2.45) is 0 Å². The van der Waals surface area contributed by atoms with Gasteiger partial charge in [-0.2, -0.15) is 11.8 Å². The minimum absolute atomic E-state index is 0.0144. The standard InChI is InChI=1S/C11H11BrN2OS/c12-7-1-2-9-10(5-7)14(11(15)13-9)8-3-4-16-6-8/h1-2,5,8H,3-4,6H2,(H,13,15). The Balaban J connectivity index is 2.25. The molecule has 3 rings (SSSR count). The van der Waals surface area contributed by atoms with Gasteiger partial charge in [-0.05, 0) is 30.4 Å². The molecule has 0 bridgehead atoms. The van der Waals surface area contributed by atoms with Crippen LogP contribution in [0.15, 0.2) is 27.5 Å². The number of hydrogen-bond acceptors (Lipinski definition) is 2. The number of fused-ring (bicyclic) bond motifs is 1. The van der Waals surface area contributed by atoms with Crippen molar-refractivity contribution in [3.05, 3.63) is 33.2 Å². The molecule has 0 spiro atoms. The van der Waals surface area contributed by atoms with Gasteiger partial charge in [0, 0.05) is 16.3 Å². The SMILES string of the molecule is O=c1[nH]c2ccc(Br)cc2n1C1CCSC1. The fraction of sp³-hybridized carbons (Fsp3) is 0.364. The molecule has 0 radical (unpaired) electrons. The van der Waals surface area contributed by atoms with Gasteiger partial charge in [0.15, 0.2) is 0 Å². The van der Waals surface area contributed by atoms with E-state index in [1.54, 1.807) is 0 Å². The van der Waals surface area contributed by atoms with Crippen LogP contribution >= 0.6 is 27.7 Å². The Morgan fingerprint density at radius 2 is 2.38 bits per heavy atom.